The number of nitrogens with one attached hydrogen (secondary N) is 3. The minimum absolute atomic E-state index is 0.0525. The van der Waals surface area contributed by atoms with Gasteiger partial charge < -0.3 is 20.1 Å². The second kappa shape index (κ2) is 10.4. The van der Waals surface area contributed by atoms with E-state index in [9.17, 15) is 9.59 Å². The number of piperidine rings is 1. The summed E-state index contributed by atoms with van der Waals surface area (Å²) in [5, 5.41) is 11.4. The van der Waals surface area contributed by atoms with Gasteiger partial charge in [0.05, 0.1) is 22.7 Å². The zero-order chi connectivity index (χ0) is 27.9. The zero-order valence-corrected chi connectivity index (χ0v) is 23.1. The van der Waals surface area contributed by atoms with E-state index in [1.54, 1.807) is 0 Å². The van der Waals surface area contributed by atoms with Crippen LogP contribution >= 0.6 is 0 Å². The average Bonchev–Trinajstić information content (AvgIpc) is 3.64. The van der Waals surface area contributed by atoms with Crippen molar-refractivity contribution in [3.8, 4) is 0 Å². The molecule has 0 spiro atoms. The van der Waals surface area contributed by atoms with Crippen LogP contribution in [-0.2, 0) is 17.8 Å². The molecule has 0 aliphatic carbocycles. The van der Waals surface area contributed by atoms with E-state index in [-0.39, 0.29) is 23.9 Å². The standard InChI is InChI=1S/C32H33N7O2/c1-20-14-21(16-24-18-33-37-30(20)24)15-23(31-34-27-8-4-5-9-28(27)35-31)17-29(40)38-12-10-25(11-13-38)39-19-22-6-2-3-7-26(22)36-32(39)41/h2-9,14,16,18,23,25H,10-13,15,17,19H2,1H3,(H,33,37)(H,34,35)(H,36,41). The number of H-pyrrole nitrogens is 2. The summed E-state index contributed by atoms with van der Waals surface area (Å²) in [6, 6.07) is 20.3. The fourth-order valence-electron chi connectivity index (χ4n) is 6.43. The van der Waals surface area contributed by atoms with Crippen molar-refractivity contribution in [3.63, 3.8) is 0 Å². The van der Waals surface area contributed by atoms with Gasteiger partial charge in [0.15, 0.2) is 0 Å². The maximum atomic E-state index is 13.7. The Labute approximate surface area is 237 Å². The van der Waals surface area contributed by atoms with E-state index < -0.39 is 0 Å². The summed E-state index contributed by atoms with van der Waals surface area (Å²) in [5.41, 5.74) is 7.23. The molecule has 3 N–H and O–H groups in total. The Bertz CT molecular complexity index is 1710. The number of aromatic nitrogens is 4. The van der Waals surface area contributed by atoms with Crippen molar-refractivity contribution in [3.05, 3.63) is 89.4 Å². The number of likely N-dealkylation sites (tertiary alicyclic amines) is 1. The number of benzene rings is 3. The first-order chi connectivity index (χ1) is 20.0. The van der Waals surface area contributed by atoms with E-state index in [2.05, 4.69) is 45.6 Å². The number of fused-ring (bicyclic) bond motifs is 3. The number of anilines is 1. The fourth-order valence-corrected chi connectivity index (χ4v) is 6.43. The van der Waals surface area contributed by atoms with Gasteiger partial charge in [0, 0.05) is 49.1 Å². The highest BCUT2D eigenvalue weighted by Gasteiger charge is 2.33. The highest BCUT2D eigenvalue weighted by atomic mass is 16.2. The van der Waals surface area contributed by atoms with Gasteiger partial charge in [-0.3, -0.25) is 9.89 Å². The van der Waals surface area contributed by atoms with Gasteiger partial charge in [0.2, 0.25) is 5.91 Å². The van der Waals surface area contributed by atoms with Gasteiger partial charge in [0.1, 0.15) is 5.82 Å². The Morgan fingerprint density at radius 3 is 2.73 bits per heavy atom. The van der Waals surface area contributed by atoms with Crippen LogP contribution in [0.1, 0.15) is 47.7 Å². The van der Waals surface area contributed by atoms with Gasteiger partial charge in [-0.25, -0.2) is 9.78 Å². The molecule has 7 rings (SSSR count). The van der Waals surface area contributed by atoms with Crippen molar-refractivity contribution in [1.82, 2.24) is 30.0 Å². The molecule has 0 saturated carbocycles. The molecule has 0 bridgehead atoms. The summed E-state index contributed by atoms with van der Waals surface area (Å²) >= 11 is 0. The molecule has 9 heteroatoms. The maximum Gasteiger partial charge on any atom is 0.322 e. The van der Waals surface area contributed by atoms with Crippen molar-refractivity contribution >= 4 is 39.6 Å². The molecule has 41 heavy (non-hydrogen) atoms. The smallest absolute Gasteiger partial charge is 0.322 e. The lowest BCUT2D eigenvalue weighted by Crippen LogP contribution is -2.51. The van der Waals surface area contributed by atoms with Crippen molar-refractivity contribution in [2.75, 3.05) is 18.4 Å². The van der Waals surface area contributed by atoms with Gasteiger partial charge in [-0.05, 0) is 67.1 Å². The van der Waals surface area contributed by atoms with E-state index in [1.807, 2.05) is 58.5 Å². The Hall–Kier alpha value is -4.66. The van der Waals surface area contributed by atoms with Crippen molar-refractivity contribution in [2.24, 2.45) is 0 Å². The molecule has 4 heterocycles. The topological polar surface area (TPSA) is 110 Å². The van der Waals surface area contributed by atoms with Gasteiger partial charge in [-0.15, -0.1) is 0 Å². The van der Waals surface area contributed by atoms with Crippen LogP contribution in [0.5, 0.6) is 0 Å². The molecule has 5 aromatic rings. The molecule has 9 nitrogen and oxygen atoms in total. The number of imidazole rings is 1. The fraction of sp³-hybridized carbons (Fsp3) is 0.312. The molecular weight excluding hydrogens is 514 g/mol. The first-order valence-electron chi connectivity index (χ1n) is 14.3. The predicted octanol–water partition coefficient (Wildman–Crippen LogP) is 5.50. The Morgan fingerprint density at radius 2 is 1.88 bits per heavy atom. The van der Waals surface area contributed by atoms with Crippen LogP contribution in [0.15, 0.2) is 66.9 Å². The van der Waals surface area contributed by atoms with E-state index in [1.165, 1.54) is 0 Å². The molecule has 1 unspecified atom stereocenters. The highest BCUT2D eigenvalue weighted by Crippen LogP contribution is 2.31. The third-order valence-electron chi connectivity index (χ3n) is 8.62. The number of hydrogen-bond acceptors (Lipinski definition) is 4. The average molecular weight is 548 g/mol. The van der Waals surface area contributed by atoms with Gasteiger partial charge in [0.25, 0.3) is 0 Å². The van der Waals surface area contributed by atoms with Crippen LogP contribution in [-0.4, -0.2) is 61.0 Å². The number of aryl methyl sites for hydroxylation is 1. The Kier molecular flexibility index (Phi) is 6.41. The number of nitrogens with zero attached hydrogens (tertiary/aromatic N) is 4. The van der Waals surface area contributed by atoms with E-state index in [0.29, 0.717) is 32.5 Å². The first-order valence-corrected chi connectivity index (χ1v) is 14.3. The lowest BCUT2D eigenvalue weighted by molar-refractivity contribution is -0.133. The monoisotopic (exact) mass is 547 g/mol. The number of amides is 3. The lowest BCUT2D eigenvalue weighted by atomic mass is 9.92. The second-order valence-corrected chi connectivity index (χ2v) is 11.3. The molecule has 2 aliphatic heterocycles. The minimum Gasteiger partial charge on any atom is -0.343 e. The van der Waals surface area contributed by atoms with Crippen LogP contribution in [0.25, 0.3) is 21.9 Å². The third kappa shape index (κ3) is 4.92. The molecular formula is C32H33N7O2. The summed E-state index contributed by atoms with van der Waals surface area (Å²) in [6.07, 6.45) is 4.44. The molecule has 1 atom stereocenters. The number of para-hydroxylation sites is 3. The Balaban J connectivity index is 1.07. The van der Waals surface area contributed by atoms with E-state index >= 15 is 0 Å². The predicted molar refractivity (Wildman–Crippen MR) is 159 cm³/mol. The molecule has 1 saturated heterocycles. The normalized spacial score (nSPS) is 16.7. The SMILES string of the molecule is Cc1cc(CC(CC(=O)N2CCC(N3Cc4ccccc4NC3=O)CC2)c2nc3ccccc3[nH]2)cc2cn[nH]c12. The number of hydrogen-bond donors (Lipinski definition) is 3. The molecule has 3 aromatic carbocycles. The molecule has 2 aliphatic rings. The molecule has 3 amide bonds. The number of carbonyl (C=O) groups is 2. The third-order valence-corrected chi connectivity index (χ3v) is 8.62. The lowest BCUT2D eigenvalue weighted by Gasteiger charge is -2.40. The first kappa shape index (κ1) is 25.3. The van der Waals surface area contributed by atoms with Crippen molar-refractivity contribution < 1.29 is 9.59 Å². The Morgan fingerprint density at radius 1 is 1.07 bits per heavy atom. The van der Waals surface area contributed by atoms with Crippen LogP contribution in [0.2, 0.25) is 0 Å². The molecule has 1 fully saturated rings. The summed E-state index contributed by atoms with van der Waals surface area (Å²) in [7, 11) is 0. The highest BCUT2D eigenvalue weighted by molar-refractivity contribution is 5.92. The number of urea groups is 1. The van der Waals surface area contributed by atoms with Crippen LogP contribution in [0.4, 0.5) is 10.5 Å². The summed E-state index contributed by atoms with van der Waals surface area (Å²) < 4.78 is 0. The summed E-state index contributed by atoms with van der Waals surface area (Å²) in [4.78, 5) is 38.8. The summed E-state index contributed by atoms with van der Waals surface area (Å²) in [5.74, 6) is 0.868. The van der Waals surface area contributed by atoms with E-state index in [4.69, 9.17) is 4.98 Å². The quantitative estimate of drug-likeness (QED) is 0.261. The van der Waals surface area contributed by atoms with Crippen LogP contribution < -0.4 is 5.32 Å². The molecule has 208 valence electrons. The maximum absolute atomic E-state index is 13.7. The van der Waals surface area contributed by atoms with E-state index in [0.717, 1.165) is 63.0 Å². The zero-order valence-electron chi connectivity index (χ0n) is 23.1. The molecule has 0 radical (unpaired) electrons. The largest absolute Gasteiger partial charge is 0.343 e. The summed E-state index contributed by atoms with van der Waals surface area (Å²) in [6.45, 7) is 3.97. The number of aromatic amines is 2. The minimum atomic E-state index is -0.0965. The van der Waals surface area contributed by atoms with Gasteiger partial charge in [-0.1, -0.05) is 36.4 Å². The number of carbonyl (C=O) groups excluding carboxylic acids is 2. The van der Waals surface area contributed by atoms with Crippen LogP contribution in [0.3, 0.4) is 0 Å². The molecule has 2 aromatic heterocycles. The van der Waals surface area contributed by atoms with Crippen molar-refractivity contribution in [1.29, 1.82) is 0 Å². The van der Waals surface area contributed by atoms with Crippen molar-refractivity contribution in [2.45, 2.75) is 51.1 Å². The van der Waals surface area contributed by atoms with Gasteiger partial charge >= 0.3 is 6.03 Å². The second-order valence-electron chi connectivity index (χ2n) is 11.3. The van der Waals surface area contributed by atoms with Gasteiger partial charge in [-0.2, -0.15) is 5.10 Å². The number of rotatable bonds is 6. The van der Waals surface area contributed by atoms with Crippen LogP contribution in [0, 0.1) is 6.92 Å².